The Labute approximate surface area is 136 Å². The second-order valence-corrected chi connectivity index (χ2v) is 5.82. The van der Waals surface area contributed by atoms with Gasteiger partial charge in [-0.15, -0.1) is 0 Å². The standard InChI is InChI=1S/C17H22N4O2/c1-14-11-20(12-15-5-2-3-6-16(15)23-14)13-17(22)18-8-10-21-9-4-7-19-21/h2-7,9,14H,8,10-13H2,1H3,(H,18,22)/t14-/m0/s1. The van der Waals surface area contributed by atoms with Crippen molar-refractivity contribution in [2.75, 3.05) is 19.6 Å². The van der Waals surface area contributed by atoms with Crippen molar-refractivity contribution in [3.05, 3.63) is 48.3 Å². The number of nitrogens with one attached hydrogen (secondary N) is 1. The van der Waals surface area contributed by atoms with Gasteiger partial charge < -0.3 is 10.1 Å². The molecule has 6 nitrogen and oxygen atoms in total. The van der Waals surface area contributed by atoms with Crippen LogP contribution < -0.4 is 10.1 Å². The van der Waals surface area contributed by atoms with Gasteiger partial charge in [0.2, 0.25) is 5.91 Å². The quantitative estimate of drug-likeness (QED) is 0.903. The highest BCUT2D eigenvalue weighted by Gasteiger charge is 2.21. The largest absolute Gasteiger partial charge is 0.489 e. The number of hydrogen-bond donors (Lipinski definition) is 1. The summed E-state index contributed by atoms with van der Waals surface area (Å²) in [6.45, 7) is 5.14. The maximum absolute atomic E-state index is 12.1. The van der Waals surface area contributed by atoms with Gasteiger partial charge in [0.1, 0.15) is 11.9 Å². The maximum atomic E-state index is 12.1. The number of nitrogens with zero attached hydrogens (tertiary/aromatic N) is 3. The van der Waals surface area contributed by atoms with E-state index in [0.29, 0.717) is 19.6 Å². The zero-order valence-corrected chi connectivity index (χ0v) is 13.3. The maximum Gasteiger partial charge on any atom is 0.234 e. The number of benzene rings is 1. The van der Waals surface area contributed by atoms with Gasteiger partial charge in [-0.3, -0.25) is 14.4 Å². The van der Waals surface area contributed by atoms with Crippen LogP contribution in [0.2, 0.25) is 0 Å². The fraction of sp³-hybridized carbons (Fsp3) is 0.412. The Balaban J connectivity index is 1.51. The molecule has 1 N–H and O–H groups in total. The van der Waals surface area contributed by atoms with Gasteiger partial charge in [-0.1, -0.05) is 18.2 Å². The summed E-state index contributed by atoms with van der Waals surface area (Å²) in [5.41, 5.74) is 1.13. The van der Waals surface area contributed by atoms with Gasteiger partial charge in [-0.05, 0) is 19.1 Å². The van der Waals surface area contributed by atoms with Crippen LogP contribution in [0.1, 0.15) is 12.5 Å². The minimum atomic E-state index is 0.0312. The molecular formula is C17H22N4O2. The smallest absolute Gasteiger partial charge is 0.234 e. The molecule has 0 radical (unpaired) electrons. The van der Waals surface area contributed by atoms with Crippen LogP contribution in [0.25, 0.3) is 0 Å². The summed E-state index contributed by atoms with van der Waals surface area (Å²) in [6, 6.07) is 9.89. The number of amides is 1. The van der Waals surface area contributed by atoms with E-state index in [1.807, 2.05) is 37.4 Å². The van der Waals surface area contributed by atoms with Crippen molar-refractivity contribution < 1.29 is 9.53 Å². The number of ether oxygens (including phenoxy) is 1. The number of carbonyl (C=O) groups is 1. The van der Waals surface area contributed by atoms with Crippen molar-refractivity contribution in [1.82, 2.24) is 20.0 Å². The van der Waals surface area contributed by atoms with E-state index in [9.17, 15) is 4.79 Å². The molecular weight excluding hydrogens is 292 g/mol. The van der Waals surface area contributed by atoms with Crippen LogP contribution in [0.3, 0.4) is 0 Å². The van der Waals surface area contributed by atoms with E-state index < -0.39 is 0 Å². The molecule has 1 aliphatic rings. The number of hydrogen-bond acceptors (Lipinski definition) is 4. The molecule has 23 heavy (non-hydrogen) atoms. The Hall–Kier alpha value is -2.34. The first-order valence-electron chi connectivity index (χ1n) is 7.92. The van der Waals surface area contributed by atoms with Crippen molar-refractivity contribution >= 4 is 5.91 Å². The third-order valence-electron chi connectivity index (χ3n) is 3.80. The molecule has 0 spiro atoms. The van der Waals surface area contributed by atoms with Crippen LogP contribution >= 0.6 is 0 Å². The fourth-order valence-corrected chi connectivity index (χ4v) is 2.79. The molecule has 2 aromatic rings. The van der Waals surface area contributed by atoms with Crippen LogP contribution in [0.5, 0.6) is 5.75 Å². The van der Waals surface area contributed by atoms with Crippen molar-refractivity contribution in [2.24, 2.45) is 0 Å². The van der Waals surface area contributed by atoms with E-state index in [1.54, 1.807) is 10.9 Å². The molecule has 122 valence electrons. The van der Waals surface area contributed by atoms with Gasteiger partial charge >= 0.3 is 0 Å². The molecule has 0 saturated carbocycles. The van der Waals surface area contributed by atoms with Crippen LogP contribution in [0.15, 0.2) is 42.7 Å². The second-order valence-electron chi connectivity index (χ2n) is 5.82. The van der Waals surface area contributed by atoms with E-state index in [2.05, 4.69) is 21.4 Å². The van der Waals surface area contributed by atoms with E-state index in [1.165, 1.54) is 0 Å². The average Bonchev–Trinajstić information content (AvgIpc) is 2.96. The van der Waals surface area contributed by atoms with Crippen LogP contribution in [-0.2, 0) is 17.9 Å². The molecule has 1 aromatic heterocycles. The molecule has 0 saturated heterocycles. The summed E-state index contributed by atoms with van der Waals surface area (Å²) in [7, 11) is 0. The summed E-state index contributed by atoms with van der Waals surface area (Å²) in [5.74, 6) is 0.949. The normalized spacial score (nSPS) is 17.9. The molecule has 0 unspecified atom stereocenters. The van der Waals surface area contributed by atoms with E-state index in [0.717, 1.165) is 24.4 Å². The molecule has 3 rings (SSSR count). The van der Waals surface area contributed by atoms with Gasteiger partial charge in [0.05, 0.1) is 13.1 Å². The highest BCUT2D eigenvalue weighted by molar-refractivity contribution is 5.78. The summed E-state index contributed by atoms with van der Waals surface area (Å²) >= 11 is 0. The summed E-state index contributed by atoms with van der Waals surface area (Å²) in [6.07, 6.45) is 3.69. The first kappa shape index (κ1) is 15.6. The Morgan fingerprint density at radius 1 is 1.39 bits per heavy atom. The topological polar surface area (TPSA) is 59.4 Å². The highest BCUT2D eigenvalue weighted by Crippen LogP contribution is 2.24. The minimum Gasteiger partial charge on any atom is -0.489 e. The summed E-state index contributed by atoms with van der Waals surface area (Å²) in [5, 5.41) is 7.06. The Morgan fingerprint density at radius 2 is 2.26 bits per heavy atom. The van der Waals surface area contributed by atoms with Gasteiger partial charge in [0.25, 0.3) is 0 Å². The highest BCUT2D eigenvalue weighted by atomic mass is 16.5. The zero-order chi connectivity index (χ0) is 16.1. The number of para-hydroxylation sites is 1. The SMILES string of the molecule is C[C@H]1CN(CC(=O)NCCn2cccn2)Cc2ccccc2O1. The fourth-order valence-electron chi connectivity index (χ4n) is 2.79. The molecule has 6 heteroatoms. The third kappa shape index (κ3) is 4.32. The number of carbonyl (C=O) groups excluding carboxylic acids is 1. The molecule has 0 fully saturated rings. The first-order chi connectivity index (χ1) is 11.2. The Bertz CT molecular complexity index is 642. The summed E-state index contributed by atoms with van der Waals surface area (Å²) in [4.78, 5) is 14.3. The number of aromatic nitrogens is 2. The predicted octanol–water partition coefficient (Wildman–Crippen LogP) is 1.28. The van der Waals surface area contributed by atoms with E-state index in [4.69, 9.17) is 4.74 Å². The van der Waals surface area contributed by atoms with Crippen molar-refractivity contribution in [2.45, 2.75) is 26.1 Å². The minimum absolute atomic E-state index is 0.0312. The lowest BCUT2D eigenvalue weighted by atomic mass is 10.2. The van der Waals surface area contributed by atoms with E-state index >= 15 is 0 Å². The van der Waals surface area contributed by atoms with E-state index in [-0.39, 0.29) is 12.0 Å². The zero-order valence-electron chi connectivity index (χ0n) is 13.3. The average molecular weight is 314 g/mol. The molecule has 1 aliphatic heterocycles. The Morgan fingerprint density at radius 3 is 3.09 bits per heavy atom. The second kappa shape index (κ2) is 7.28. The van der Waals surface area contributed by atoms with Crippen LogP contribution in [-0.4, -0.2) is 46.3 Å². The number of fused-ring (bicyclic) bond motifs is 1. The van der Waals surface area contributed by atoms with Crippen molar-refractivity contribution in [3.63, 3.8) is 0 Å². The lowest BCUT2D eigenvalue weighted by Crippen LogP contribution is -2.40. The van der Waals surface area contributed by atoms with Crippen molar-refractivity contribution in [1.29, 1.82) is 0 Å². The number of rotatable bonds is 5. The molecule has 0 bridgehead atoms. The molecule has 1 amide bonds. The molecule has 1 aromatic carbocycles. The molecule has 2 heterocycles. The first-order valence-corrected chi connectivity index (χ1v) is 7.92. The molecule has 1 atom stereocenters. The van der Waals surface area contributed by atoms with Crippen molar-refractivity contribution in [3.8, 4) is 5.75 Å². The summed E-state index contributed by atoms with van der Waals surface area (Å²) < 4.78 is 7.72. The predicted molar refractivity (Wildman–Crippen MR) is 87.0 cm³/mol. The lowest BCUT2D eigenvalue weighted by Gasteiger charge is -2.21. The van der Waals surface area contributed by atoms with Gasteiger partial charge in [0, 0.05) is 37.6 Å². The lowest BCUT2D eigenvalue weighted by molar-refractivity contribution is -0.122. The van der Waals surface area contributed by atoms with Gasteiger partial charge in [-0.2, -0.15) is 5.10 Å². The Kier molecular flexibility index (Phi) is 4.92. The van der Waals surface area contributed by atoms with Crippen LogP contribution in [0, 0.1) is 0 Å². The third-order valence-corrected chi connectivity index (χ3v) is 3.80. The monoisotopic (exact) mass is 314 g/mol. The van der Waals surface area contributed by atoms with Crippen LogP contribution in [0.4, 0.5) is 0 Å². The molecule has 0 aliphatic carbocycles. The van der Waals surface area contributed by atoms with Gasteiger partial charge in [-0.25, -0.2) is 0 Å². The van der Waals surface area contributed by atoms with Gasteiger partial charge in [0.15, 0.2) is 0 Å².